The molecule has 2 aromatic heterocycles. The number of fused-ring (bicyclic) bond motifs is 12. The maximum Gasteiger partial charge on any atom is 0.159 e. The Hall–Kier alpha value is -7.62. The van der Waals surface area contributed by atoms with Gasteiger partial charge in [-0.3, -0.25) is 0 Å². The van der Waals surface area contributed by atoms with E-state index in [2.05, 4.69) is 204 Å². The molecule has 0 aliphatic rings. The van der Waals surface area contributed by atoms with Crippen molar-refractivity contribution in [3.8, 4) is 16.8 Å². The van der Waals surface area contributed by atoms with Crippen LogP contribution in [0.3, 0.4) is 0 Å². The van der Waals surface area contributed by atoms with Crippen molar-refractivity contribution in [2.45, 2.75) is 0 Å². The number of aromatic nitrogens is 1. The minimum atomic E-state index is 0.900. The quantitative estimate of drug-likeness (QED) is 0.165. The summed E-state index contributed by atoms with van der Waals surface area (Å²) in [6.07, 6.45) is 0. The van der Waals surface area contributed by atoms with E-state index in [9.17, 15) is 0 Å². The first-order valence-electron chi connectivity index (χ1n) is 19.5. The van der Waals surface area contributed by atoms with Crippen molar-refractivity contribution in [1.82, 2.24) is 4.57 Å². The molecule has 0 bridgehead atoms. The average molecular weight is 727 g/mol. The summed E-state index contributed by atoms with van der Waals surface area (Å²) in [5.74, 6) is 0. The third-order valence-corrected chi connectivity index (χ3v) is 11.8. The Morgan fingerprint density at radius 3 is 1.61 bits per heavy atom. The van der Waals surface area contributed by atoms with Crippen LogP contribution in [0.15, 0.2) is 211 Å². The summed E-state index contributed by atoms with van der Waals surface area (Å²) >= 11 is 0. The van der Waals surface area contributed by atoms with E-state index in [1.54, 1.807) is 0 Å². The Kier molecular flexibility index (Phi) is 6.93. The lowest BCUT2D eigenvalue weighted by atomic mass is 9.94. The van der Waals surface area contributed by atoms with Crippen LogP contribution in [0, 0.1) is 0 Å². The molecule has 0 unspecified atom stereocenters. The highest BCUT2D eigenvalue weighted by Crippen LogP contribution is 2.43. The number of rotatable bonds is 5. The zero-order valence-corrected chi connectivity index (χ0v) is 30.9. The molecule has 266 valence electrons. The zero-order valence-electron chi connectivity index (χ0n) is 30.9. The third kappa shape index (κ3) is 4.86. The van der Waals surface area contributed by atoms with E-state index in [-0.39, 0.29) is 0 Å². The topological polar surface area (TPSA) is 21.3 Å². The number of anilines is 3. The molecule has 57 heavy (non-hydrogen) atoms. The van der Waals surface area contributed by atoms with Gasteiger partial charge in [-0.1, -0.05) is 140 Å². The third-order valence-electron chi connectivity index (χ3n) is 11.8. The van der Waals surface area contributed by atoms with Gasteiger partial charge in [0, 0.05) is 38.6 Å². The van der Waals surface area contributed by atoms with Crippen molar-refractivity contribution in [3.05, 3.63) is 206 Å². The van der Waals surface area contributed by atoms with Crippen LogP contribution in [-0.2, 0) is 0 Å². The lowest BCUT2D eigenvalue weighted by Gasteiger charge is -2.26. The molecule has 3 heteroatoms. The van der Waals surface area contributed by atoms with Crippen LogP contribution in [0.4, 0.5) is 17.1 Å². The predicted molar refractivity (Wildman–Crippen MR) is 241 cm³/mol. The molecule has 12 aromatic rings. The molecule has 0 N–H and O–H groups in total. The first kappa shape index (κ1) is 31.7. The van der Waals surface area contributed by atoms with E-state index in [4.69, 9.17) is 4.42 Å². The summed E-state index contributed by atoms with van der Waals surface area (Å²) in [5.41, 5.74) is 10.8. The number of hydrogen-bond donors (Lipinski definition) is 0. The van der Waals surface area contributed by atoms with Gasteiger partial charge in [-0.2, -0.15) is 0 Å². The van der Waals surface area contributed by atoms with Crippen LogP contribution in [0.25, 0.3) is 92.9 Å². The Morgan fingerprint density at radius 1 is 0.316 bits per heavy atom. The summed E-state index contributed by atoms with van der Waals surface area (Å²) < 4.78 is 8.88. The van der Waals surface area contributed by atoms with Crippen molar-refractivity contribution in [3.63, 3.8) is 0 Å². The Morgan fingerprint density at radius 2 is 0.860 bits per heavy atom. The fourth-order valence-corrected chi connectivity index (χ4v) is 9.18. The molecule has 0 atom stereocenters. The monoisotopic (exact) mass is 726 g/mol. The van der Waals surface area contributed by atoms with Crippen LogP contribution >= 0.6 is 0 Å². The first-order chi connectivity index (χ1) is 28.3. The van der Waals surface area contributed by atoms with Crippen molar-refractivity contribution in [2.24, 2.45) is 0 Å². The molecule has 0 amide bonds. The summed E-state index contributed by atoms with van der Waals surface area (Å²) in [6, 6.07) is 74.4. The van der Waals surface area contributed by atoms with Gasteiger partial charge in [-0.15, -0.1) is 0 Å². The van der Waals surface area contributed by atoms with E-state index in [0.717, 1.165) is 55.7 Å². The molecule has 3 nitrogen and oxygen atoms in total. The number of benzene rings is 10. The van der Waals surface area contributed by atoms with Crippen LogP contribution < -0.4 is 4.90 Å². The van der Waals surface area contributed by atoms with Crippen molar-refractivity contribution >= 4 is 93.1 Å². The minimum Gasteiger partial charge on any atom is -0.454 e. The number of para-hydroxylation sites is 4. The fraction of sp³-hybridized carbons (Fsp3) is 0. The lowest BCUT2D eigenvalue weighted by molar-refractivity contribution is 0.666. The van der Waals surface area contributed by atoms with Gasteiger partial charge in [0.1, 0.15) is 5.58 Å². The SMILES string of the molecule is c1ccc(N(c2ccc(-c3ccc4c(c3)c3ccccc3n4-c3cccc4c3oc3ccccc34)cc2)c2ccc3c4ccccc4c4ccccc4c3c2)cc1. The predicted octanol–water partition coefficient (Wildman–Crippen LogP) is 15.3. The maximum absolute atomic E-state index is 6.52. The van der Waals surface area contributed by atoms with Gasteiger partial charge in [-0.25, -0.2) is 0 Å². The van der Waals surface area contributed by atoms with Gasteiger partial charge in [0.15, 0.2) is 5.58 Å². The Bertz CT molecular complexity index is 3490. The Balaban J connectivity index is 0.982. The Labute approximate surface area is 328 Å². The second-order valence-electron chi connectivity index (χ2n) is 14.9. The molecule has 0 saturated heterocycles. The summed E-state index contributed by atoms with van der Waals surface area (Å²) in [5, 5.41) is 12.3. The van der Waals surface area contributed by atoms with Crippen LogP contribution in [0.5, 0.6) is 0 Å². The fourth-order valence-electron chi connectivity index (χ4n) is 9.18. The number of hydrogen-bond acceptors (Lipinski definition) is 2. The second-order valence-corrected chi connectivity index (χ2v) is 14.9. The van der Waals surface area contributed by atoms with Gasteiger partial charge >= 0.3 is 0 Å². The molecule has 0 spiro atoms. The van der Waals surface area contributed by atoms with E-state index < -0.39 is 0 Å². The molecular weight excluding hydrogens is 693 g/mol. The number of nitrogens with zero attached hydrogens (tertiary/aromatic N) is 2. The molecule has 0 radical (unpaired) electrons. The van der Waals surface area contributed by atoms with Crippen molar-refractivity contribution in [2.75, 3.05) is 4.90 Å². The highest BCUT2D eigenvalue weighted by Gasteiger charge is 2.19. The van der Waals surface area contributed by atoms with E-state index in [1.807, 2.05) is 12.1 Å². The molecule has 0 saturated carbocycles. The summed E-state index contributed by atoms with van der Waals surface area (Å²) in [6.45, 7) is 0. The van der Waals surface area contributed by atoms with E-state index in [1.165, 1.54) is 54.2 Å². The normalized spacial score (nSPS) is 11.9. The molecule has 12 rings (SSSR count). The molecule has 2 heterocycles. The van der Waals surface area contributed by atoms with Crippen molar-refractivity contribution in [1.29, 1.82) is 0 Å². The largest absolute Gasteiger partial charge is 0.454 e. The molecule has 0 aliphatic heterocycles. The first-order valence-corrected chi connectivity index (χ1v) is 19.5. The highest BCUT2D eigenvalue weighted by atomic mass is 16.3. The zero-order chi connectivity index (χ0) is 37.5. The standard InChI is InChI=1S/C54H34N2O/c1-2-13-37(14-3-1)55(39-30-31-44-42-17-5-4-15-40(42)41-16-6-7-18-43(41)48(44)34-39)38-28-25-35(26-29-38)36-27-32-51-49(33-36)45-19-8-10-22-50(45)56(51)52-23-12-21-47-46-20-9-11-24-53(46)57-54(47)52/h1-34H. The smallest absolute Gasteiger partial charge is 0.159 e. The van der Waals surface area contributed by atoms with Crippen LogP contribution in [0.2, 0.25) is 0 Å². The maximum atomic E-state index is 6.52. The van der Waals surface area contributed by atoms with Gasteiger partial charge in [-0.05, 0) is 110 Å². The summed E-state index contributed by atoms with van der Waals surface area (Å²) in [4.78, 5) is 2.36. The second kappa shape index (κ2) is 12.5. The van der Waals surface area contributed by atoms with Crippen LogP contribution in [0.1, 0.15) is 0 Å². The molecule has 0 aliphatic carbocycles. The summed E-state index contributed by atoms with van der Waals surface area (Å²) in [7, 11) is 0. The highest BCUT2D eigenvalue weighted by molar-refractivity contribution is 6.26. The van der Waals surface area contributed by atoms with Crippen molar-refractivity contribution < 1.29 is 4.42 Å². The molecular formula is C54H34N2O. The minimum absolute atomic E-state index is 0.900. The van der Waals surface area contributed by atoms with Gasteiger partial charge in [0.25, 0.3) is 0 Å². The molecule has 0 fully saturated rings. The van der Waals surface area contributed by atoms with Gasteiger partial charge in [0.2, 0.25) is 0 Å². The lowest BCUT2D eigenvalue weighted by Crippen LogP contribution is -2.09. The van der Waals surface area contributed by atoms with E-state index >= 15 is 0 Å². The van der Waals surface area contributed by atoms with Gasteiger partial charge < -0.3 is 13.9 Å². The van der Waals surface area contributed by atoms with E-state index in [0.29, 0.717) is 0 Å². The average Bonchev–Trinajstić information content (AvgIpc) is 3.83. The molecule has 10 aromatic carbocycles. The van der Waals surface area contributed by atoms with Crippen LogP contribution in [-0.4, -0.2) is 4.57 Å². The van der Waals surface area contributed by atoms with Gasteiger partial charge in [0.05, 0.1) is 16.7 Å². The number of furan rings is 1.